The number of thiophene rings is 1. The summed E-state index contributed by atoms with van der Waals surface area (Å²) in [5.74, 6) is -0.0463. The molecule has 0 saturated carbocycles. The summed E-state index contributed by atoms with van der Waals surface area (Å²) in [6, 6.07) is 6.09. The lowest BCUT2D eigenvalue weighted by molar-refractivity contribution is 0.0932. The number of hydrogen-bond acceptors (Lipinski definition) is 5. The number of aromatic nitrogens is 3. The van der Waals surface area contributed by atoms with Crippen LogP contribution in [0, 0.1) is 6.92 Å². The smallest absolute Gasteiger partial charge is 0.252 e. The second-order valence-corrected chi connectivity index (χ2v) is 7.40. The zero-order valence-electron chi connectivity index (χ0n) is 15.2. The van der Waals surface area contributed by atoms with E-state index in [2.05, 4.69) is 15.7 Å². The normalized spacial score (nSPS) is 16.4. The van der Waals surface area contributed by atoms with Gasteiger partial charge in [0.1, 0.15) is 0 Å². The summed E-state index contributed by atoms with van der Waals surface area (Å²) in [7, 11) is 1.87. The van der Waals surface area contributed by atoms with E-state index >= 15 is 0 Å². The molecule has 146 valence electrons. The van der Waals surface area contributed by atoms with E-state index in [0.717, 1.165) is 53.2 Å². The van der Waals surface area contributed by atoms with Crippen LogP contribution in [0.5, 0.6) is 0 Å². The summed E-state index contributed by atoms with van der Waals surface area (Å²) in [5, 5.41) is 13.8. The third kappa shape index (κ3) is 4.27. The van der Waals surface area contributed by atoms with Crippen LogP contribution in [0.1, 0.15) is 28.9 Å². The van der Waals surface area contributed by atoms with Gasteiger partial charge in [-0.1, -0.05) is 6.07 Å². The monoisotopic (exact) mass is 427 g/mol. The van der Waals surface area contributed by atoms with Crippen LogP contribution in [0.15, 0.2) is 23.6 Å². The minimum absolute atomic E-state index is 0. The molecule has 1 saturated heterocycles. The van der Waals surface area contributed by atoms with Gasteiger partial charge in [-0.15, -0.1) is 36.2 Å². The molecule has 1 fully saturated rings. The van der Waals surface area contributed by atoms with Crippen molar-refractivity contribution in [1.82, 2.24) is 25.4 Å². The number of nitrogens with zero attached hydrogens (tertiary/aromatic N) is 3. The summed E-state index contributed by atoms with van der Waals surface area (Å²) < 4.78 is 1.75. The van der Waals surface area contributed by atoms with Crippen molar-refractivity contribution in [3.8, 4) is 10.6 Å². The van der Waals surface area contributed by atoms with Gasteiger partial charge >= 0.3 is 0 Å². The van der Waals surface area contributed by atoms with Crippen molar-refractivity contribution in [2.45, 2.75) is 25.8 Å². The first kappa shape index (κ1) is 21.6. The van der Waals surface area contributed by atoms with Gasteiger partial charge in [-0.25, -0.2) is 4.98 Å². The van der Waals surface area contributed by atoms with Crippen molar-refractivity contribution >= 4 is 53.1 Å². The second-order valence-electron chi connectivity index (χ2n) is 6.46. The topological polar surface area (TPSA) is 71.8 Å². The molecule has 1 aliphatic rings. The number of hydrogen-bond donors (Lipinski definition) is 2. The van der Waals surface area contributed by atoms with Gasteiger partial charge in [-0.3, -0.25) is 9.48 Å². The first-order valence-corrected chi connectivity index (χ1v) is 9.41. The number of amides is 1. The van der Waals surface area contributed by atoms with Crippen molar-refractivity contribution in [3.05, 3.63) is 34.8 Å². The van der Waals surface area contributed by atoms with Crippen LogP contribution >= 0.6 is 36.2 Å². The Morgan fingerprint density at radius 1 is 1.41 bits per heavy atom. The molecule has 3 aromatic rings. The minimum Gasteiger partial charge on any atom is -0.348 e. The molecule has 3 aromatic heterocycles. The molecule has 0 aliphatic carbocycles. The molecule has 0 spiro atoms. The van der Waals surface area contributed by atoms with E-state index < -0.39 is 0 Å². The Balaban J connectivity index is 0.00000131. The molecule has 6 nitrogen and oxygen atoms in total. The second kappa shape index (κ2) is 9.01. The Labute approximate surface area is 174 Å². The maximum atomic E-state index is 13.0. The Bertz CT molecular complexity index is 920. The van der Waals surface area contributed by atoms with Crippen LogP contribution < -0.4 is 10.6 Å². The van der Waals surface area contributed by atoms with E-state index in [0.29, 0.717) is 5.56 Å². The van der Waals surface area contributed by atoms with E-state index in [1.165, 1.54) is 0 Å². The molecule has 0 aromatic carbocycles. The van der Waals surface area contributed by atoms with Gasteiger partial charge in [0.15, 0.2) is 5.65 Å². The molecule has 0 unspecified atom stereocenters. The molecular weight excluding hydrogens is 405 g/mol. The van der Waals surface area contributed by atoms with Gasteiger partial charge in [0, 0.05) is 19.6 Å². The summed E-state index contributed by atoms with van der Waals surface area (Å²) in [6.07, 6.45) is 2.10. The third-order valence-electron chi connectivity index (χ3n) is 4.62. The number of pyridine rings is 1. The molecular formula is C18H23Cl2N5OS. The van der Waals surface area contributed by atoms with Gasteiger partial charge in [0.2, 0.25) is 0 Å². The fraction of sp³-hybridized carbons (Fsp3) is 0.389. The predicted molar refractivity (Wildman–Crippen MR) is 114 cm³/mol. The lowest BCUT2D eigenvalue weighted by atomic mass is 10.0. The lowest BCUT2D eigenvalue weighted by Crippen LogP contribution is -2.45. The van der Waals surface area contributed by atoms with Gasteiger partial charge in [0.05, 0.1) is 27.2 Å². The molecule has 1 amide bonds. The van der Waals surface area contributed by atoms with Crippen LogP contribution in [-0.4, -0.2) is 39.8 Å². The number of rotatable bonds is 3. The summed E-state index contributed by atoms with van der Waals surface area (Å²) in [4.78, 5) is 18.8. The van der Waals surface area contributed by atoms with Crippen LogP contribution in [-0.2, 0) is 7.05 Å². The van der Waals surface area contributed by atoms with Gasteiger partial charge in [-0.2, -0.15) is 5.10 Å². The first-order chi connectivity index (χ1) is 12.1. The number of nitrogens with one attached hydrogen (secondary N) is 2. The third-order valence-corrected chi connectivity index (χ3v) is 5.51. The molecule has 0 bridgehead atoms. The highest BCUT2D eigenvalue weighted by molar-refractivity contribution is 7.13. The van der Waals surface area contributed by atoms with E-state index in [1.807, 2.05) is 37.6 Å². The maximum absolute atomic E-state index is 13.0. The Morgan fingerprint density at radius 2 is 2.22 bits per heavy atom. The molecule has 1 aliphatic heterocycles. The van der Waals surface area contributed by atoms with Crippen molar-refractivity contribution in [2.75, 3.05) is 13.1 Å². The van der Waals surface area contributed by atoms with E-state index in [-0.39, 0.29) is 36.8 Å². The average molecular weight is 428 g/mol. The van der Waals surface area contributed by atoms with Gasteiger partial charge in [0.25, 0.3) is 5.91 Å². The minimum atomic E-state index is -0.0463. The number of carbonyl (C=O) groups is 1. The van der Waals surface area contributed by atoms with Crippen molar-refractivity contribution in [2.24, 2.45) is 7.05 Å². The summed E-state index contributed by atoms with van der Waals surface area (Å²) >= 11 is 1.62. The number of fused-ring (bicyclic) bond motifs is 1. The first-order valence-electron chi connectivity index (χ1n) is 8.53. The fourth-order valence-corrected chi connectivity index (χ4v) is 4.10. The zero-order chi connectivity index (χ0) is 17.4. The predicted octanol–water partition coefficient (Wildman–Crippen LogP) is 3.33. The average Bonchev–Trinajstić information content (AvgIpc) is 3.24. The number of piperidine rings is 1. The standard InChI is InChI=1S/C18H21N5OS.2ClH/c1-11-16-13(18(24)20-12-5-3-7-19-10-12)9-14(15-6-4-8-25-15)21-17(16)23(2)22-11;;/h4,6,8-9,12,19H,3,5,7,10H2,1-2H3,(H,20,24);2*1H/t12-;;/m0../s1. The maximum Gasteiger partial charge on any atom is 0.252 e. The van der Waals surface area contributed by atoms with Gasteiger partial charge in [-0.05, 0) is 43.8 Å². The van der Waals surface area contributed by atoms with Crippen molar-refractivity contribution in [1.29, 1.82) is 0 Å². The number of carbonyl (C=O) groups excluding carboxylic acids is 1. The summed E-state index contributed by atoms with van der Waals surface area (Å²) in [5.41, 5.74) is 3.05. The molecule has 2 N–H and O–H groups in total. The van der Waals surface area contributed by atoms with Crippen LogP contribution in [0.2, 0.25) is 0 Å². The molecule has 4 rings (SSSR count). The highest BCUT2D eigenvalue weighted by atomic mass is 35.5. The SMILES string of the molecule is Cc1nn(C)c2nc(-c3cccs3)cc(C(=O)N[C@H]3CCCNC3)c12.Cl.Cl. The Hall–Kier alpha value is -1.67. The van der Waals surface area contributed by atoms with Gasteiger partial charge < -0.3 is 10.6 Å². The molecule has 9 heteroatoms. The highest BCUT2D eigenvalue weighted by Gasteiger charge is 2.22. The van der Waals surface area contributed by atoms with E-state index in [9.17, 15) is 4.79 Å². The van der Waals surface area contributed by atoms with E-state index in [1.54, 1.807) is 16.0 Å². The fourth-order valence-electron chi connectivity index (χ4n) is 3.41. The number of aryl methyl sites for hydroxylation is 2. The largest absolute Gasteiger partial charge is 0.348 e. The van der Waals surface area contributed by atoms with Crippen LogP contribution in [0.25, 0.3) is 21.6 Å². The van der Waals surface area contributed by atoms with Crippen molar-refractivity contribution < 1.29 is 4.79 Å². The lowest BCUT2D eigenvalue weighted by Gasteiger charge is -2.24. The van der Waals surface area contributed by atoms with Crippen molar-refractivity contribution in [3.63, 3.8) is 0 Å². The molecule has 27 heavy (non-hydrogen) atoms. The summed E-state index contributed by atoms with van der Waals surface area (Å²) in [6.45, 7) is 3.77. The van der Waals surface area contributed by atoms with Crippen LogP contribution in [0.4, 0.5) is 0 Å². The number of halogens is 2. The zero-order valence-corrected chi connectivity index (χ0v) is 17.6. The highest BCUT2D eigenvalue weighted by Crippen LogP contribution is 2.29. The molecule has 1 atom stereocenters. The molecule has 0 radical (unpaired) electrons. The molecule has 4 heterocycles. The van der Waals surface area contributed by atoms with E-state index in [4.69, 9.17) is 4.98 Å². The Morgan fingerprint density at radius 3 is 2.89 bits per heavy atom. The Kier molecular flexibility index (Phi) is 7.22. The quantitative estimate of drug-likeness (QED) is 0.672. The van der Waals surface area contributed by atoms with Crippen LogP contribution in [0.3, 0.4) is 0 Å².